The fraction of sp³-hybridized carbons (Fsp3) is 0.308. The van der Waals surface area contributed by atoms with Crippen molar-refractivity contribution in [2.24, 2.45) is 0 Å². The number of piperazine rings is 1. The maximum Gasteiger partial charge on any atom is 0.293 e. The number of amides is 1. The molecule has 174 valence electrons. The van der Waals surface area contributed by atoms with Gasteiger partial charge in [0.05, 0.1) is 5.69 Å². The molecule has 3 heterocycles. The Hall–Kier alpha value is -3.78. The lowest BCUT2D eigenvalue weighted by Crippen LogP contribution is -2.49. The summed E-state index contributed by atoms with van der Waals surface area (Å²) < 4.78 is 2.72. The molecule has 0 aliphatic carbocycles. The molecule has 0 bridgehead atoms. The third-order valence-electron chi connectivity index (χ3n) is 6.41. The van der Waals surface area contributed by atoms with Gasteiger partial charge in [-0.3, -0.25) is 14.5 Å². The molecule has 1 aliphatic heterocycles. The highest BCUT2D eigenvalue weighted by Crippen LogP contribution is 2.19. The minimum Gasteiger partial charge on any atom is -0.339 e. The molecule has 0 radical (unpaired) electrons. The summed E-state index contributed by atoms with van der Waals surface area (Å²) in [5.74, 6) is -0.0896. The summed E-state index contributed by atoms with van der Waals surface area (Å²) in [5.41, 5.74) is 4.26. The van der Waals surface area contributed by atoms with Crippen molar-refractivity contribution >= 4 is 11.4 Å². The van der Waals surface area contributed by atoms with Crippen molar-refractivity contribution < 1.29 is 4.79 Å². The van der Waals surface area contributed by atoms with Gasteiger partial charge in [-0.05, 0) is 23.6 Å². The minimum absolute atomic E-state index is 0.0697. The monoisotopic (exact) mass is 456 g/mol. The van der Waals surface area contributed by atoms with Crippen molar-refractivity contribution in [1.29, 1.82) is 0 Å². The van der Waals surface area contributed by atoms with Crippen molar-refractivity contribution in [2.75, 3.05) is 26.2 Å². The standard InChI is InChI=1S/C26H28N6O2/c1-2-20-8-10-22(11-9-20)23-16-24-26(34)31(27-19-32(24)28-23)18-25(33)30-14-12-29(13-15-30)17-21-6-4-3-5-7-21/h3-11,16,19H,2,12-15,17-18H2,1H3. The van der Waals surface area contributed by atoms with E-state index in [9.17, 15) is 9.59 Å². The van der Waals surface area contributed by atoms with Gasteiger partial charge in [-0.25, -0.2) is 9.20 Å². The predicted octanol–water partition coefficient (Wildman–Crippen LogP) is 2.46. The first-order valence-corrected chi connectivity index (χ1v) is 11.7. The highest BCUT2D eigenvalue weighted by Gasteiger charge is 2.22. The number of carbonyl (C=O) groups is 1. The van der Waals surface area contributed by atoms with Gasteiger partial charge < -0.3 is 4.90 Å². The molecule has 4 aromatic rings. The van der Waals surface area contributed by atoms with Crippen molar-refractivity contribution in [1.82, 2.24) is 29.2 Å². The fourth-order valence-corrected chi connectivity index (χ4v) is 4.33. The zero-order chi connectivity index (χ0) is 23.5. The zero-order valence-corrected chi connectivity index (χ0v) is 19.3. The Balaban J connectivity index is 1.25. The van der Waals surface area contributed by atoms with E-state index in [2.05, 4.69) is 46.3 Å². The van der Waals surface area contributed by atoms with Crippen molar-refractivity contribution in [2.45, 2.75) is 26.4 Å². The van der Waals surface area contributed by atoms with Crippen molar-refractivity contribution in [3.05, 3.63) is 88.5 Å². The molecule has 8 nitrogen and oxygen atoms in total. The number of nitrogens with zero attached hydrogens (tertiary/aromatic N) is 6. The number of aromatic nitrogens is 4. The average molecular weight is 457 g/mol. The maximum absolute atomic E-state index is 13.0. The lowest BCUT2D eigenvalue weighted by Gasteiger charge is -2.34. The van der Waals surface area contributed by atoms with Crippen LogP contribution in [0.2, 0.25) is 0 Å². The highest BCUT2D eigenvalue weighted by atomic mass is 16.2. The van der Waals surface area contributed by atoms with Gasteiger partial charge >= 0.3 is 0 Å². The van der Waals surface area contributed by atoms with Crippen LogP contribution in [0.25, 0.3) is 16.8 Å². The Bertz CT molecular complexity index is 1340. The van der Waals surface area contributed by atoms with Crippen molar-refractivity contribution in [3.8, 4) is 11.3 Å². The van der Waals surface area contributed by atoms with E-state index in [0.717, 1.165) is 31.6 Å². The molecule has 2 aromatic carbocycles. The van der Waals surface area contributed by atoms with Gasteiger partial charge in [-0.2, -0.15) is 10.2 Å². The summed E-state index contributed by atoms with van der Waals surface area (Å²) in [6, 6.07) is 20.2. The van der Waals surface area contributed by atoms with Gasteiger partial charge in [0.2, 0.25) is 5.91 Å². The van der Waals surface area contributed by atoms with E-state index in [1.54, 1.807) is 6.07 Å². The second kappa shape index (κ2) is 9.61. The van der Waals surface area contributed by atoms with Crippen LogP contribution >= 0.6 is 0 Å². The van der Waals surface area contributed by atoms with E-state index in [0.29, 0.717) is 24.3 Å². The Labute approximate surface area is 198 Å². The molecule has 0 unspecified atom stereocenters. The number of benzene rings is 2. The van der Waals surface area contributed by atoms with Gasteiger partial charge in [-0.1, -0.05) is 61.5 Å². The summed E-state index contributed by atoms with van der Waals surface area (Å²) in [5, 5.41) is 8.69. The first kappa shape index (κ1) is 22.0. The van der Waals surface area contributed by atoms with E-state index in [1.807, 2.05) is 35.2 Å². The molecule has 0 saturated carbocycles. The molecule has 0 atom stereocenters. The second-order valence-corrected chi connectivity index (χ2v) is 8.65. The topological polar surface area (TPSA) is 75.7 Å². The normalized spacial score (nSPS) is 14.6. The Morgan fingerprint density at radius 3 is 2.38 bits per heavy atom. The first-order valence-electron chi connectivity index (χ1n) is 11.7. The van der Waals surface area contributed by atoms with Crippen LogP contribution in [-0.2, 0) is 24.3 Å². The summed E-state index contributed by atoms with van der Waals surface area (Å²) in [6.45, 7) is 5.83. The highest BCUT2D eigenvalue weighted by molar-refractivity contribution is 5.76. The second-order valence-electron chi connectivity index (χ2n) is 8.65. The minimum atomic E-state index is -0.317. The number of aryl methyl sites for hydroxylation is 1. The molecule has 1 amide bonds. The van der Waals surface area contributed by atoms with E-state index >= 15 is 0 Å². The molecule has 8 heteroatoms. The van der Waals surface area contributed by atoms with Gasteiger partial charge in [0.25, 0.3) is 5.56 Å². The van der Waals surface area contributed by atoms with Gasteiger partial charge in [0, 0.05) is 38.3 Å². The summed E-state index contributed by atoms with van der Waals surface area (Å²) >= 11 is 0. The van der Waals surface area contributed by atoms with Crippen LogP contribution in [0.5, 0.6) is 0 Å². The van der Waals surface area contributed by atoms with Crippen LogP contribution in [-0.4, -0.2) is 61.3 Å². The van der Waals surface area contributed by atoms with Crippen LogP contribution in [0.15, 0.2) is 71.8 Å². The molecular formula is C26H28N6O2. The molecule has 2 aromatic heterocycles. The van der Waals surface area contributed by atoms with E-state index < -0.39 is 0 Å². The molecule has 0 N–H and O–H groups in total. The smallest absolute Gasteiger partial charge is 0.293 e. The van der Waals surface area contributed by atoms with Crippen LogP contribution in [0.4, 0.5) is 0 Å². The lowest BCUT2D eigenvalue weighted by atomic mass is 10.1. The number of fused-ring (bicyclic) bond motifs is 1. The van der Waals surface area contributed by atoms with E-state index in [-0.39, 0.29) is 18.0 Å². The predicted molar refractivity (Wildman–Crippen MR) is 130 cm³/mol. The van der Waals surface area contributed by atoms with Gasteiger partial charge in [0.1, 0.15) is 18.4 Å². The molecule has 1 aliphatic rings. The third kappa shape index (κ3) is 4.63. The van der Waals surface area contributed by atoms with Crippen LogP contribution in [0.1, 0.15) is 18.1 Å². The van der Waals surface area contributed by atoms with Gasteiger partial charge in [0.15, 0.2) is 0 Å². The SMILES string of the molecule is CCc1ccc(-c2cc3c(=O)n(CC(=O)N4CCN(Cc5ccccc5)CC4)ncn3n2)cc1. The van der Waals surface area contributed by atoms with Gasteiger partial charge in [-0.15, -0.1) is 0 Å². The van der Waals surface area contributed by atoms with Crippen LogP contribution < -0.4 is 5.56 Å². The fourth-order valence-electron chi connectivity index (χ4n) is 4.33. The summed E-state index contributed by atoms with van der Waals surface area (Å²) in [4.78, 5) is 30.1. The zero-order valence-electron chi connectivity index (χ0n) is 19.3. The summed E-state index contributed by atoms with van der Waals surface area (Å²) in [7, 11) is 0. The Morgan fingerprint density at radius 1 is 0.941 bits per heavy atom. The number of rotatable bonds is 6. The Morgan fingerprint density at radius 2 is 1.68 bits per heavy atom. The van der Waals surface area contributed by atoms with Crippen LogP contribution in [0.3, 0.4) is 0 Å². The van der Waals surface area contributed by atoms with E-state index in [1.165, 1.54) is 26.7 Å². The largest absolute Gasteiger partial charge is 0.339 e. The maximum atomic E-state index is 13.0. The van der Waals surface area contributed by atoms with Crippen LogP contribution in [0, 0.1) is 0 Å². The van der Waals surface area contributed by atoms with E-state index in [4.69, 9.17) is 0 Å². The lowest BCUT2D eigenvalue weighted by molar-refractivity contribution is -0.133. The Kier molecular flexibility index (Phi) is 6.22. The third-order valence-corrected chi connectivity index (χ3v) is 6.41. The number of hydrogen-bond donors (Lipinski definition) is 0. The average Bonchev–Trinajstić information content (AvgIpc) is 3.32. The first-order chi connectivity index (χ1) is 16.6. The number of hydrogen-bond acceptors (Lipinski definition) is 5. The molecule has 1 fully saturated rings. The molecular weight excluding hydrogens is 428 g/mol. The molecule has 0 spiro atoms. The quantitative estimate of drug-likeness (QED) is 0.446. The molecule has 5 rings (SSSR count). The number of carbonyl (C=O) groups excluding carboxylic acids is 1. The molecule has 34 heavy (non-hydrogen) atoms. The molecule has 1 saturated heterocycles. The summed E-state index contributed by atoms with van der Waals surface area (Å²) in [6.07, 6.45) is 2.46. The van der Waals surface area contributed by atoms with Crippen molar-refractivity contribution in [3.63, 3.8) is 0 Å².